The van der Waals surface area contributed by atoms with E-state index >= 15 is 0 Å². The Morgan fingerprint density at radius 2 is 1.50 bits per heavy atom. The molecule has 0 unspecified atom stereocenters. The number of carbonyl (C=O) groups excluding carboxylic acids is 1. The second-order valence-corrected chi connectivity index (χ2v) is 5.92. The molecule has 1 N–H and O–H groups in total. The van der Waals surface area contributed by atoms with Crippen molar-refractivity contribution in [3.63, 3.8) is 0 Å². The number of aromatic nitrogens is 2. The number of nitrogens with one attached hydrogen (secondary N) is 1. The van der Waals surface area contributed by atoms with Gasteiger partial charge >= 0.3 is 0 Å². The minimum atomic E-state index is -0.124. The maximum atomic E-state index is 12.6. The molecule has 2 heterocycles. The summed E-state index contributed by atoms with van der Waals surface area (Å²) < 4.78 is 1.91. The van der Waals surface area contributed by atoms with E-state index in [4.69, 9.17) is 0 Å². The van der Waals surface area contributed by atoms with Gasteiger partial charge in [-0.15, -0.1) is 0 Å². The van der Waals surface area contributed by atoms with Crippen molar-refractivity contribution in [1.82, 2.24) is 14.8 Å². The van der Waals surface area contributed by atoms with E-state index in [1.54, 1.807) is 5.01 Å². The molecule has 0 bridgehead atoms. The Balaban J connectivity index is 1.56. The summed E-state index contributed by atoms with van der Waals surface area (Å²) >= 11 is 0. The van der Waals surface area contributed by atoms with Crippen molar-refractivity contribution in [1.29, 1.82) is 0 Å². The van der Waals surface area contributed by atoms with Crippen molar-refractivity contribution in [2.75, 3.05) is 5.01 Å². The fraction of sp³-hybridized carbons (Fsp3) is 0.0476. The molecule has 1 amide bonds. The Labute approximate surface area is 151 Å². The van der Waals surface area contributed by atoms with Crippen LogP contribution in [0.4, 0.5) is 11.4 Å². The first kappa shape index (κ1) is 15.9. The number of para-hydroxylation sites is 2. The van der Waals surface area contributed by atoms with Gasteiger partial charge in [-0.05, 0) is 36.4 Å². The fourth-order valence-electron chi connectivity index (χ4n) is 2.83. The Bertz CT molecular complexity index is 939. The van der Waals surface area contributed by atoms with Crippen LogP contribution in [-0.4, -0.2) is 15.3 Å². The summed E-state index contributed by atoms with van der Waals surface area (Å²) in [4.78, 5) is 17.1. The molecular formula is C21H18N4O. The third-order valence-electron chi connectivity index (χ3n) is 4.02. The van der Waals surface area contributed by atoms with Gasteiger partial charge in [-0.3, -0.25) is 15.2 Å². The highest BCUT2D eigenvalue weighted by Gasteiger charge is 2.14. The lowest BCUT2D eigenvalue weighted by molar-refractivity contribution is -0.120. The van der Waals surface area contributed by atoms with Gasteiger partial charge in [0.15, 0.2) is 0 Å². The van der Waals surface area contributed by atoms with E-state index in [-0.39, 0.29) is 12.3 Å². The molecule has 0 saturated carbocycles. The zero-order chi connectivity index (χ0) is 17.8. The molecule has 0 saturated heterocycles. The summed E-state index contributed by atoms with van der Waals surface area (Å²) in [5.41, 5.74) is 6.33. The fourth-order valence-corrected chi connectivity index (χ4v) is 2.83. The van der Waals surface area contributed by atoms with Crippen LogP contribution in [0, 0.1) is 0 Å². The molecule has 0 fully saturated rings. The zero-order valence-corrected chi connectivity index (χ0v) is 14.1. The molecule has 5 heteroatoms. The van der Waals surface area contributed by atoms with Crippen LogP contribution in [0.3, 0.4) is 0 Å². The summed E-state index contributed by atoms with van der Waals surface area (Å²) in [5, 5.41) is 1.79. The molecule has 0 spiro atoms. The first-order valence-electron chi connectivity index (χ1n) is 8.42. The van der Waals surface area contributed by atoms with Crippen LogP contribution in [0.5, 0.6) is 0 Å². The van der Waals surface area contributed by atoms with Crippen LogP contribution >= 0.6 is 0 Å². The lowest BCUT2D eigenvalue weighted by atomic mass is 10.2. The number of pyridine rings is 1. The predicted molar refractivity (Wildman–Crippen MR) is 102 cm³/mol. The molecule has 0 atom stereocenters. The summed E-state index contributed by atoms with van der Waals surface area (Å²) in [5.74, 6) is -0.124. The van der Waals surface area contributed by atoms with Crippen molar-refractivity contribution < 1.29 is 4.79 Å². The molecule has 2 aromatic heterocycles. The Hall–Kier alpha value is -3.60. The van der Waals surface area contributed by atoms with Crippen LogP contribution in [0.15, 0.2) is 91.3 Å². The van der Waals surface area contributed by atoms with Crippen LogP contribution in [0.1, 0.15) is 5.69 Å². The number of hydrazine groups is 1. The van der Waals surface area contributed by atoms with Crippen LogP contribution in [0.25, 0.3) is 5.65 Å². The standard InChI is InChI=1S/C21H18N4O/c26-21(15-17-16-24-14-8-7-13-20(24)22-17)23-25(18-9-3-1-4-10-18)19-11-5-2-6-12-19/h1-14,16H,15H2,(H,23,26). The van der Waals surface area contributed by atoms with E-state index in [9.17, 15) is 4.79 Å². The van der Waals surface area contributed by atoms with Gasteiger partial charge in [0, 0.05) is 12.4 Å². The van der Waals surface area contributed by atoms with Crippen molar-refractivity contribution in [3.05, 3.63) is 97.0 Å². The number of imidazole rings is 1. The first-order valence-corrected chi connectivity index (χ1v) is 8.42. The number of hydrogen-bond acceptors (Lipinski definition) is 3. The lowest BCUT2D eigenvalue weighted by Crippen LogP contribution is -2.39. The zero-order valence-electron chi connectivity index (χ0n) is 14.1. The molecule has 0 aliphatic rings. The van der Waals surface area contributed by atoms with Crippen LogP contribution < -0.4 is 10.4 Å². The van der Waals surface area contributed by atoms with Gasteiger partial charge in [-0.25, -0.2) is 4.98 Å². The van der Waals surface area contributed by atoms with E-state index < -0.39 is 0 Å². The Kier molecular flexibility index (Phi) is 4.35. The predicted octanol–water partition coefficient (Wildman–Crippen LogP) is 3.75. The van der Waals surface area contributed by atoms with Gasteiger partial charge in [0.05, 0.1) is 23.5 Å². The van der Waals surface area contributed by atoms with E-state index in [1.807, 2.05) is 95.7 Å². The summed E-state index contributed by atoms with van der Waals surface area (Å²) in [6, 6.07) is 25.3. The molecule has 4 rings (SSSR count). The van der Waals surface area contributed by atoms with E-state index in [0.29, 0.717) is 0 Å². The first-order chi connectivity index (χ1) is 12.8. The molecule has 0 aliphatic carbocycles. The normalized spacial score (nSPS) is 10.6. The Morgan fingerprint density at radius 1 is 0.885 bits per heavy atom. The van der Waals surface area contributed by atoms with Gasteiger partial charge in [-0.1, -0.05) is 42.5 Å². The second kappa shape index (κ2) is 7.11. The van der Waals surface area contributed by atoms with Gasteiger partial charge in [-0.2, -0.15) is 0 Å². The number of anilines is 2. The monoisotopic (exact) mass is 342 g/mol. The van der Waals surface area contributed by atoms with Crippen molar-refractivity contribution in [2.45, 2.75) is 6.42 Å². The Morgan fingerprint density at radius 3 is 2.12 bits per heavy atom. The third-order valence-corrected chi connectivity index (χ3v) is 4.02. The average molecular weight is 342 g/mol. The smallest absolute Gasteiger partial charge is 0.244 e. The topological polar surface area (TPSA) is 49.6 Å². The lowest BCUT2D eigenvalue weighted by Gasteiger charge is -2.25. The number of nitrogens with zero attached hydrogens (tertiary/aromatic N) is 3. The number of rotatable bonds is 5. The number of carbonyl (C=O) groups is 1. The molecule has 26 heavy (non-hydrogen) atoms. The van der Waals surface area contributed by atoms with Gasteiger partial charge < -0.3 is 4.40 Å². The van der Waals surface area contributed by atoms with Crippen LogP contribution in [-0.2, 0) is 11.2 Å². The van der Waals surface area contributed by atoms with E-state index in [0.717, 1.165) is 22.7 Å². The highest BCUT2D eigenvalue weighted by atomic mass is 16.2. The van der Waals surface area contributed by atoms with Crippen molar-refractivity contribution in [3.8, 4) is 0 Å². The molecule has 2 aromatic carbocycles. The van der Waals surface area contributed by atoms with Gasteiger partial charge in [0.2, 0.25) is 5.91 Å². The van der Waals surface area contributed by atoms with Crippen molar-refractivity contribution >= 4 is 22.9 Å². The van der Waals surface area contributed by atoms with Gasteiger partial charge in [0.25, 0.3) is 0 Å². The largest absolute Gasteiger partial charge is 0.307 e. The maximum absolute atomic E-state index is 12.6. The summed E-state index contributed by atoms with van der Waals surface area (Å²) in [6.45, 7) is 0. The highest BCUT2D eigenvalue weighted by Crippen LogP contribution is 2.22. The van der Waals surface area contributed by atoms with Gasteiger partial charge in [0.1, 0.15) is 5.65 Å². The average Bonchev–Trinajstić information content (AvgIpc) is 3.09. The molecule has 0 aliphatic heterocycles. The summed E-state index contributed by atoms with van der Waals surface area (Å²) in [6.07, 6.45) is 4.01. The highest BCUT2D eigenvalue weighted by molar-refractivity contribution is 5.82. The second-order valence-electron chi connectivity index (χ2n) is 5.92. The molecule has 4 aromatic rings. The number of amides is 1. The maximum Gasteiger partial charge on any atom is 0.244 e. The number of benzene rings is 2. The minimum Gasteiger partial charge on any atom is -0.307 e. The molecule has 128 valence electrons. The molecular weight excluding hydrogens is 324 g/mol. The van der Waals surface area contributed by atoms with E-state index in [1.165, 1.54) is 0 Å². The van der Waals surface area contributed by atoms with Crippen LogP contribution in [0.2, 0.25) is 0 Å². The SMILES string of the molecule is O=C(Cc1cn2ccccc2n1)NN(c1ccccc1)c1ccccc1. The number of fused-ring (bicyclic) bond motifs is 1. The number of hydrogen-bond donors (Lipinski definition) is 1. The molecule has 5 nitrogen and oxygen atoms in total. The quantitative estimate of drug-likeness (QED) is 0.562. The van der Waals surface area contributed by atoms with Crippen molar-refractivity contribution in [2.24, 2.45) is 0 Å². The van der Waals surface area contributed by atoms with E-state index in [2.05, 4.69) is 10.4 Å². The third kappa shape index (κ3) is 3.42. The minimum absolute atomic E-state index is 0.124. The molecule has 0 radical (unpaired) electrons. The summed E-state index contributed by atoms with van der Waals surface area (Å²) in [7, 11) is 0.